The van der Waals surface area contributed by atoms with Crippen LogP contribution in [0, 0.1) is 13.8 Å². The Balaban J connectivity index is 1.98. The van der Waals surface area contributed by atoms with Crippen LogP contribution in [-0.2, 0) is 9.53 Å². The Labute approximate surface area is 156 Å². The van der Waals surface area contributed by atoms with Gasteiger partial charge in [-0.2, -0.15) is 0 Å². The predicted octanol–water partition coefficient (Wildman–Crippen LogP) is 4.33. The van der Waals surface area contributed by atoms with Crippen molar-refractivity contribution < 1.29 is 19.4 Å². The summed E-state index contributed by atoms with van der Waals surface area (Å²) < 4.78 is 6.41. The fraction of sp³-hybridized carbons (Fsp3) is 0.176. The number of aromatic hydroxyl groups is 1. The number of phenolic OH excluding ortho intramolecular Hbond substituents is 1. The molecule has 0 fully saturated rings. The molecule has 5 nitrogen and oxygen atoms in total. The van der Waals surface area contributed by atoms with Crippen molar-refractivity contribution in [1.82, 2.24) is 0 Å². The zero-order valence-corrected chi connectivity index (χ0v) is 16.2. The van der Waals surface area contributed by atoms with E-state index in [2.05, 4.69) is 37.2 Å². The maximum Gasteiger partial charge on any atom is 0.338 e. The maximum absolute atomic E-state index is 12.0. The van der Waals surface area contributed by atoms with E-state index < -0.39 is 18.5 Å². The minimum atomic E-state index is -0.678. The summed E-state index contributed by atoms with van der Waals surface area (Å²) in [5, 5.41) is 12.3. The Morgan fingerprint density at radius 2 is 1.75 bits per heavy atom. The number of ether oxygens (including phenoxy) is 1. The highest BCUT2D eigenvalue weighted by Crippen LogP contribution is 2.32. The molecule has 1 amide bonds. The average Bonchev–Trinajstić information content (AvgIpc) is 2.51. The van der Waals surface area contributed by atoms with Gasteiger partial charge in [-0.1, -0.05) is 6.07 Å². The number of amides is 1. The van der Waals surface area contributed by atoms with Crippen LogP contribution in [0.25, 0.3) is 0 Å². The van der Waals surface area contributed by atoms with Crippen LogP contribution in [0.3, 0.4) is 0 Å². The Morgan fingerprint density at radius 3 is 2.33 bits per heavy atom. The minimum absolute atomic E-state index is 0.00131. The summed E-state index contributed by atoms with van der Waals surface area (Å²) in [6, 6.07) is 8.17. The van der Waals surface area contributed by atoms with E-state index in [1.54, 1.807) is 13.0 Å². The number of halogens is 2. The topological polar surface area (TPSA) is 75.6 Å². The number of nitrogens with one attached hydrogen (secondary N) is 1. The third kappa shape index (κ3) is 4.58. The highest BCUT2D eigenvalue weighted by atomic mass is 79.9. The van der Waals surface area contributed by atoms with E-state index in [4.69, 9.17) is 4.74 Å². The lowest BCUT2D eigenvalue weighted by atomic mass is 10.1. The van der Waals surface area contributed by atoms with Gasteiger partial charge in [0.05, 0.1) is 11.3 Å². The van der Waals surface area contributed by atoms with E-state index in [9.17, 15) is 14.7 Å². The van der Waals surface area contributed by atoms with E-state index in [-0.39, 0.29) is 11.3 Å². The van der Waals surface area contributed by atoms with Gasteiger partial charge in [-0.3, -0.25) is 4.79 Å². The molecular weight excluding hydrogens is 442 g/mol. The number of hydrogen-bond acceptors (Lipinski definition) is 4. The van der Waals surface area contributed by atoms with Crippen molar-refractivity contribution in [2.45, 2.75) is 13.8 Å². The number of aryl methyl sites for hydroxylation is 2. The number of hydrogen-bond donors (Lipinski definition) is 2. The zero-order valence-electron chi connectivity index (χ0n) is 13.0. The van der Waals surface area contributed by atoms with Crippen molar-refractivity contribution in [3.63, 3.8) is 0 Å². The Kier molecular flexibility index (Phi) is 6.01. The third-order valence-electron chi connectivity index (χ3n) is 3.23. The lowest BCUT2D eigenvalue weighted by molar-refractivity contribution is -0.119. The highest BCUT2D eigenvalue weighted by Gasteiger charge is 2.14. The minimum Gasteiger partial charge on any atom is -0.508 e. The average molecular weight is 457 g/mol. The van der Waals surface area contributed by atoms with E-state index >= 15 is 0 Å². The number of phenols is 1. The molecule has 0 radical (unpaired) electrons. The van der Waals surface area contributed by atoms with Crippen LogP contribution in [0.4, 0.5) is 5.69 Å². The van der Waals surface area contributed by atoms with Crippen molar-refractivity contribution in [2.75, 3.05) is 11.9 Å². The molecule has 0 unspecified atom stereocenters. The molecule has 2 N–H and O–H groups in total. The summed E-state index contributed by atoms with van der Waals surface area (Å²) in [7, 11) is 0. The second-order valence-corrected chi connectivity index (χ2v) is 6.94. The van der Waals surface area contributed by atoms with Crippen molar-refractivity contribution in [1.29, 1.82) is 0 Å². The molecule has 0 aromatic heterocycles. The third-order valence-corrected chi connectivity index (χ3v) is 4.48. The van der Waals surface area contributed by atoms with Gasteiger partial charge in [-0.25, -0.2) is 4.79 Å². The maximum atomic E-state index is 12.0. The van der Waals surface area contributed by atoms with Crippen LogP contribution in [0.1, 0.15) is 21.5 Å². The fourth-order valence-electron chi connectivity index (χ4n) is 1.95. The lowest BCUT2D eigenvalue weighted by Crippen LogP contribution is -2.21. The van der Waals surface area contributed by atoms with Crippen molar-refractivity contribution in [2.24, 2.45) is 0 Å². The molecule has 126 valence electrons. The first-order valence-electron chi connectivity index (χ1n) is 7.00. The van der Waals surface area contributed by atoms with Crippen LogP contribution in [0.2, 0.25) is 0 Å². The monoisotopic (exact) mass is 455 g/mol. The molecule has 24 heavy (non-hydrogen) atoms. The number of carbonyl (C=O) groups is 2. The largest absolute Gasteiger partial charge is 0.508 e. The number of carbonyl (C=O) groups excluding carboxylic acids is 2. The Bertz CT molecular complexity index is 782. The molecule has 7 heteroatoms. The van der Waals surface area contributed by atoms with Gasteiger partial charge < -0.3 is 15.2 Å². The van der Waals surface area contributed by atoms with Gasteiger partial charge in [0.15, 0.2) is 6.61 Å². The van der Waals surface area contributed by atoms with Gasteiger partial charge in [0.1, 0.15) is 5.75 Å². The Hall–Kier alpha value is -1.86. The van der Waals surface area contributed by atoms with Crippen LogP contribution in [0.5, 0.6) is 5.75 Å². The van der Waals surface area contributed by atoms with Crippen LogP contribution in [-0.4, -0.2) is 23.6 Å². The second kappa shape index (κ2) is 7.81. The SMILES string of the molecule is Cc1cc(Br)c(NC(=O)COC(=O)c2ccc(C)c(O)c2)c(Br)c1. The first kappa shape index (κ1) is 18.5. The summed E-state index contributed by atoms with van der Waals surface area (Å²) >= 11 is 6.76. The van der Waals surface area contributed by atoms with Crippen molar-refractivity contribution in [3.05, 3.63) is 56.0 Å². The van der Waals surface area contributed by atoms with Gasteiger partial charge in [0.25, 0.3) is 5.91 Å². The van der Waals surface area contributed by atoms with E-state index in [0.717, 1.165) is 14.5 Å². The Morgan fingerprint density at radius 1 is 1.12 bits per heavy atom. The van der Waals surface area contributed by atoms with Crippen molar-refractivity contribution >= 4 is 49.4 Å². The molecule has 0 atom stereocenters. The molecule has 2 aromatic rings. The molecule has 0 heterocycles. The van der Waals surface area contributed by atoms with Crippen LogP contribution in [0.15, 0.2) is 39.3 Å². The zero-order chi connectivity index (χ0) is 17.9. The molecule has 2 aromatic carbocycles. The number of rotatable bonds is 4. The van der Waals surface area contributed by atoms with Gasteiger partial charge in [0.2, 0.25) is 0 Å². The predicted molar refractivity (Wildman–Crippen MR) is 98.3 cm³/mol. The van der Waals surface area contributed by atoms with E-state index in [0.29, 0.717) is 11.3 Å². The molecule has 0 aliphatic carbocycles. The van der Waals surface area contributed by atoms with Crippen LogP contribution >= 0.6 is 31.9 Å². The second-order valence-electron chi connectivity index (χ2n) is 5.23. The molecule has 0 aliphatic rings. The van der Waals surface area contributed by atoms with Gasteiger partial charge in [-0.15, -0.1) is 0 Å². The molecular formula is C17H15Br2NO4. The molecule has 0 aliphatic heterocycles. The number of esters is 1. The fourth-order valence-corrected chi connectivity index (χ4v) is 3.56. The highest BCUT2D eigenvalue weighted by molar-refractivity contribution is 9.11. The van der Waals surface area contributed by atoms with E-state index in [1.165, 1.54) is 12.1 Å². The van der Waals surface area contributed by atoms with E-state index in [1.807, 2.05) is 19.1 Å². The van der Waals surface area contributed by atoms with Crippen molar-refractivity contribution in [3.8, 4) is 5.75 Å². The molecule has 0 spiro atoms. The molecule has 0 bridgehead atoms. The summed E-state index contributed by atoms with van der Waals surface area (Å²) in [4.78, 5) is 23.9. The van der Waals surface area contributed by atoms with Crippen LogP contribution < -0.4 is 5.32 Å². The number of anilines is 1. The van der Waals surface area contributed by atoms with Gasteiger partial charge in [-0.05, 0) is 81.1 Å². The lowest BCUT2D eigenvalue weighted by Gasteiger charge is -2.11. The normalized spacial score (nSPS) is 10.3. The standard InChI is InChI=1S/C17H15Br2NO4/c1-9-5-12(18)16(13(19)6-9)20-15(22)8-24-17(23)11-4-3-10(2)14(21)7-11/h3-7,21H,8H2,1-2H3,(H,20,22). The van der Waals surface area contributed by atoms with Gasteiger partial charge in [0, 0.05) is 8.95 Å². The number of benzene rings is 2. The molecule has 0 saturated carbocycles. The first-order chi connectivity index (χ1) is 11.3. The van der Waals surface area contributed by atoms with Gasteiger partial charge >= 0.3 is 5.97 Å². The summed E-state index contributed by atoms with van der Waals surface area (Å²) in [6.45, 7) is 3.22. The summed E-state index contributed by atoms with van der Waals surface area (Å²) in [5.41, 5.74) is 2.42. The quantitative estimate of drug-likeness (QED) is 0.671. The molecule has 2 rings (SSSR count). The summed E-state index contributed by atoms with van der Waals surface area (Å²) in [6.07, 6.45) is 0. The molecule has 0 saturated heterocycles. The smallest absolute Gasteiger partial charge is 0.338 e. The summed E-state index contributed by atoms with van der Waals surface area (Å²) in [5.74, 6) is -1.14. The first-order valence-corrected chi connectivity index (χ1v) is 8.58.